The molecular formula is C12H17BrFNO. The Morgan fingerprint density at radius 1 is 1.44 bits per heavy atom. The van der Waals surface area contributed by atoms with Crippen molar-refractivity contribution in [2.75, 3.05) is 26.8 Å². The lowest BCUT2D eigenvalue weighted by Gasteiger charge is -2.17. The van der Waals surface area contributed by atoms with E-state index in [2.05, 4.69) is 20.8 Å². The van der Waals surface area contributed by atoms with Crippen LogP contribution >= 0.6 is 15.9 Å². The number of hydrogen-bond acceptors (Lipinski definition) is 2. The number of rotatable bonds is 6. The average Bonchev–Trinajstić information content (AvgIpc) is 2.23. The molecule has 0 aliphatic heterocycles. The molecule has 0 aliphatic carbocycles. The Morgan fingerprint density at radius 3 is 2.81 bits per heavy atom. The van der Waals surface area contributed by atoms with Gasteiger partial charge in [-0.15, -0.1) is 0 Å². The molecule has 0 aromatic heterocycles. The van der Waals surface area contributed by atoms with Crippen LogP contribution in [0.3, 0.4) is 0 Å². The van der Waals surface area contributed by atoms with Gasteiger partial charge >= 0.3 is 0 Å². The van der Waals surface area contributed by atoms with Crippen molar-refractivity contribution in [1.82, 2.24) is 4.90 Å². The Kier molecular flexibility index (Phi) is 5.95. The van der Waals surface area contributed by atoms with Gasteiger partial charge in [-0.05, 0) is 31.7 Å². The Hall–Kier alpha value is -0.450. The summed E-state index contributed by atoms with van der Waals surface area (Å²) in [5.74, 6) is -0.215. The van der Waals surface area contributed by atoms with Crippen molar-refractivity contribution >= 4 is 15.9 Å². The van der Waals surface area contributed by atoms with Gasteiger partial charge < -0.3 is 4.74 Å². The van der Waals surface area contributed by atoms with Crippen LogP contribution in [0, 0.1) is 5.82 Å². The van der Waals surface area contributed by atoms with Gasteiger partial charge in [-0.25, -0.2) is 4.39 Å². The van der Waals surface area contributed by atoms with E-state index in [0.717, 1.165) is 36.3 Å². The third kappa shape index (κ3) is 4.60. The molecule has 1 aromatic rings. The summed E-state index contributed by atoms with van der Waals surface area (Å²) in [7, 11) is 2.02. The lowest BCUT2D eigenvalue weighted by molar-refractivity contribution is 0.120. The predicted octanol–water partition coefficient (Wildman–Crippen LogP) is 3.06. The molecule has 0 unspecified atom stereocenters. The van der Waals surface area contributed by atoms with Gasteiger partial charge in [0.1, 0.15) is 5.82 Å². The SMILES string of the molecule is CCOCCN(C)Cc1ccc(F)cc1Br. The molecule has 1 rings (SSSR count). The van der Waals surface area contributed by atoms with Crippen molar-refractivity contribution in [2.45, 2.75) is 13.5 Å². The minimum absolute atomic E-state index is 0.215. The Morgan fingerprint density at radius 2 is 2.19 bits per heavy atom. The van der Waals surface area contributed by atoms with Gasteiger partial charge in [0.25, 0.3) is 0 Å². The van der Waals surface area contributed by atoms with E-state index >= 15 is 0 Å². The van der Waals surface area contributed by atoms with Crippen molar-refractivity contribution < 1.29 is 9.13 Å². The summed E-state index contributed by atoms with van der Waals surface area (Å²) in [6.07, 6.45) is 0. The van der Waals surface area contributed by atoms with E-state index in [1.165, 1.54) is 12.1 Å². The van der Waals surface area contributed by atoms with Gasteiger partial charge in [-0.3, -0.25) is 4.90 Å². The topological polar surface area (TPSA) is 12.5 Å². The highest BCUT2D eigenvalue weighted by Crippen LogP contribution is 2.19. The molecule has 0 N–H and O–H groups in total. The molecule has 0 aliphatic rings. The number of likely N-dealkylation sites (N-methyl/N-ethyl adjacent to an activating group) is 1. The molecule has 4 heteroatoms. The molecule has 0 spiro atoms. The monoisotopic (exact) mass is 289 g/mol. The van der Waals surface area contributed by atoms with Crippen LogP contribution in [0.2, 0.25) is 0 Å². The number of hydrogen-bond donors (Lipinski definition) is 0. The van der Waals surface area contributed by atoms with Crippen molar-refractivity contribution in [3.63, 3.8) is 0 Å². The maximum absolute atomic E-state index is 12.9. The van der Waals surface area contributed by atoms with E-state index in [1.807, 2.05) is 14.0 Å². The zero-order chi connectivity index (χ0) is 12.0. The lowest BCUT2D eigenvalue weighted by Crippen LogP contribution is -2.23. The van der Waals surface area contributed by atoms with Gasteiger partial charge in [-0.1, -0.05) is 22.0 Å². The van der Waals surface area contributed by atoms with Gasteiger partial charge in [0, 0.05) is 24.2 Å². The van der Waals surface area contributed by atoms with Crippen LogP contribution < -0.4 is 0 Å². The van der Waals surface area contributed by atoms with E-state index in [0.29, 0.717) is 0 Å². The molecule has 1 aromatic carbocycles. The summed E-state index contributed by atoms with van der Waals surface area (Å²) >= 11 is 3.36. The molecule has 0 radical (unpaired) electrons. The Bertz CT molecular complexity index is 333. The van der Waals surface area contributed by atoms with Gasteiger partial charge in [0.05, 0.1) is 6.61 Å². The normalized spacial score (nSPS) is 11.1. The molecular weight excluding hydrogens is 273 g/mol. The van der Waals surface area contributed by atoms with E-state index in [1.54, 1.807) is 6.07 Å². The second-order valence-corrected chi connectivity index (χ2v) is 4.52. The maximum Gasteiger partial charge on any atom is 0.124 e. The third-order valence-corrected chi connectivity index (χ3v) is 3.02. The molecule has 90 valence electrons. The fraction of sp³-hybridized carbons (Fsp3) is 0.500. The van der Waals surface area contributed by atoms with Crippen molar-refractivity contribution in [2.24, 2.45) is 0 Å². The molecule has 0 saturated carbocycles. The minimum atomic E-state index is -0.215. The first-order chi connectivity index (χ1) is 7.63. The molecule has 0 amide bonds. The first-order valence-corrected chi connectivity index (χ1v) is 6.13. The highest BCUT2D eigenvalue weighted by atomic mass is 79.9. The quantitative estimate of drug-likeness (QED) is 0.747. The fourth-order valence-corrected chi connectivity index (χ4v) is 1.86. The van der Waals surface area contributed by atoms with Crippen LogP contribution in [0.15, 0.2) is 22.7 Å². The van der Waals surface area contributed by atoms with Crippen molar-refractivity contribution in [3.8, 4) is 0 Å². The van der Waals surface area contributed by atoms with Crippen LogP contribution in [0.1, 0.15) is 12.5 Å². The molecule has 0 bridgehead atoms. The second-order valence-electron chi connectivity index (χ2n) is 3.67. The lowest BCUT2D eigenvalue weighted by atomic mass is 10.2. The first-order valence-electron chi connectivity index (χ1n) is 5.33. The molecule has 0 atom stereocenters. The van der Waals surface area contributed by atoms with Gasteiger partial charge in [0.2, 0.25) is 0 Å². The van der Waals surface area contributed by atoms with E-state index < -0.39 is 0 Å². The average molecular weight is 290 g/mol. The molecule has 0 heterocycles. The van der Waals surface area contributed by atoms with Crippen LogP contribution in [-0.4, -0.2) is 31.7 Å². The van der Waals surface area contributed by atoms with E-state index in [-0.39, 0.29) is 5.82 Å². The third-order valence-electron chi connectivity index (χ3n) is 2.28. The summed E-state index contributed by atoms with van der Waals surface area (Å²) < 4.78 is 19.0. The maximum atomic E-state index is 12.9. The summed E-state index contributed by atoms with van der Waals surface area (Å²) in [5.41, 5.74) is 1.08. The molecule has 2 nitrogen and oxygen atoms in total. The summed E-state index contributed by atoms with van der Waals surface area (Å²) in [4.78, 5) is 2.15. The molecule has 16 heavy (non-hydrogen) atoms. The molecule has 0 fully saturated rings. The smallest absolute Gasteiger partial charge is 0.124 e. The van der Waals surface area contributed by atoms with Crippen LogP contribution in [-0.2, 0) is 11.3 Å². The van der Waals surface area contributed by atoms with E-state index in [9.17, 15) is 4.39 Å². The van der Waals surface area contributed by atoms with Crippen LogP contribution in [0.25, 0.3) is 0 Å². The van der Waals surface area contributed by atoms with Crippen molar-refractivity contribution in [3.05, 3.63) is 34.1 Å². The number of halogens is 2. The summed E-state index contributed by atoms with van der Waals surface area (Å²) in [6.45, 7) is 5.11. The van der Waals surface area contributed by atoms with E-state index in [4.69, 9.17) is 4.74 Å². The van der Waals surface area contributed by atoms with Crippen LogP contribution in [0.5, 0.6) is 0 Å². The van der Waals surface area contributed by atoms with Crippen LogP contribution in [0.4, 0.5) is 4.39 Å². The summed E-state index contributed by atoms with van der Waals surface area (Å²) in [6, 6.07) is 4.78. The highest BCUT2D eigenvalue weighted by Gasteiger charge is 2.05. The fourth-order valence-electron chi connectivity index (χ4n) is 1.38. The predicted molar refractivity (Wildman–Crippen MR) is 66.9 cm³/mol. The van der Waals surface area contributed by atoms with Gasteiger partial charge in [-0.2, -0.15) is 0 Å². The number of nitrogens with zero attached hydrogens (tertiary/aromatic N) is 1. The Labute approximate surface area is 105 Å². The minimum Gasteiger partial charge on any atom is -0.380 e. The zero-order valence-corrected chi connectivity index (χ0v) is 11.3. The highest BCUT2D eigenvalue weighted by molar-refractivity contribution is 9.10. The standard InChI is InChI=1S/C12H17BrFNO/c1-3-16-7-6-15(2)9-10-4-5-11(14)8-12(10)13/h4-5,8H,3,6-7,9H2,1-2H3. The van der Waals surface area contributed by atoms with Gasteiger partial charge in [0.15, 0.2) is 0 Å². The summed E-state index contributed by atoms with van der Waals surface area (Å²) in [5, 5.41) is 0. The largest absolute Gasteiger partial charge is 0.380 e. The number of ether oxygens (including phenoxy) is 1. The first kappa shape index (κ1) is 13.6. The second kappa shape index (κ2) is 6.99. The van der Waals surface area contributed by atoms with Crippen molar-refractivity contribution in [1.29, 1.82) is 0 Å². The Balaban J connectivity index is 2.46. The zero-order valence-electron chi connectivity index (χ0n) is 9.67. The number of benzene rings is 1. The molecule has 0 saturated heterocycles.